The normalized spacial score (nSPS) is 26.9. The molecule has 202 valence electrons. The van der Waals surface area contributed by atoms with Crippen LogP contribution in [0.2, 0.25) is 0 Å². The molecule has 5 atom stereocenters. The molecule has 8 nitrogen and oxygen atoms in total. The topological polar surface area (TPSA) is 94.4 Å². The Balaban J connectivity index is 1.33. The summed E-state index contributed by atoms with van der Waals surface area (Å²) in [5.74, 6) is 2.55. The highest BCUT2D eigenvalue weighted by atomic mass is 32.2. The summed E-state index contributed by atoms with van der Waals surface area (Å²) in [6, 6.07) is 6.16. The van der Waals surface area contributed by atoms with Crippen LogP contribution in [0.5, 0.6) is 5.75 Å². The molecule has 11 heteroatoms. The minimum Gasteiger partial charge on any atom is -0.483 e. The van der Waals surface area contributed by atoms with E-state index in [1.807, 2.05) is 6.92 Å². The van der Waals surface area contributed by atoms with Crippen LogP contribution in [-0.2, 0) is 21.2 Å². The van der Waals surface area contributed by atoms with Crippen molar-refractivity contribution in [1.82, 2.24) is 19.7 Å². The van der Waals surface area contributed by atoms with Gasteiger partial charge in [0.25, 0.3) is 0 Å². The molecule has 0 spiro atoms. The molecular weight excluding hydrogens is 515 g/mol. The summed E-state index contributed by atoms with van der Waals surface area (Å²) in [7, 11) is -3.08. The van der Waals surface area contributed by atoms with Gasteiger partial charge in [-0.25, -0.2) is 12.8 Å². The van der Waals surface area contributed by atoms with E-state index in [1.165, 1.54) is 43.5 Å². The summed E-state index contributed by atoms with van der Waals surface area (Å²) in [5.41, 5.74) is 0. The number of carbonyl (C=O) groups is 1. The van der Waals surface area contributed by atoms with Gasteiger partial charge in [0.2, 0.25) is 5.91 Å². The molecule has 0 N–H and O–H groups in total. The standard InChI is InChI=1S/C26H35FN4O4S2/c1-3-30(20-10-11-37(33,34)16-20)25(32)15-36-26-29-28-24(14-35-23-7-5-4-6-22(23)27)31(26)17(2)21-13-18-8-9-19(21)12-18/h4-7,17-21H,3,8-16H2,1-2H3/t17-,18+,19+,20+,21-/m1/s1. The highest BCUT2D eigenvalue weighted by Crippen LogP contribution is 2.52. The van der Waals surface area contributed by atoms with Crippen LogP contribution >= 0.6 is 11.8 Å². The minimum atomic E-state index is -3.08. The third-order valence-corrected chi connectivity index (χ3v) is 11.1. The number of para-hydroxylation sites is 1. The molecule has 3 aliphatic rings. The Morgan fingerprint density at radius 1 is 1.24 bits per heavy atom. The van der Waals surface area contributed by atoms with Crippen molar-refractivity contribution >= 4 is 27.5 Å². The molecule has 1 amide bonds. The van der Waals surface area contributed by atoms with Crippen LogP contribution in [0.15, 0.2) is 29.4 Å². The quantitative estimate of drug-likeness (QED) is 0.411. The molecular formula is C26H35FN4O4S2. The van der Waals surface area contributed by atoms with Gasteiger partial charge < -0.3 is 9.64 Å². The molecule has 0 unspecified atom stereocenters. The average Bonchev–Trinajstić information content (AvgIpc) is 3.66. The third kappa shape index (κ3) is 5.67. The number of rotatable bonds is 10. The van der Waals surface area contributed by atoms with Crippen LogP contribution in [0.3, 0.4) is 0 Å². The number of amides is 1. The van der Waals surface area contributed by atoms with Crippen molar-refractivity contribution in [2.45, 2.75) is 69.8 Å². The molecule has 2 saturated carbocycles. The van der Waals surface area contributed by atoms with E-state index in [0.29, 0.717) is 35.8 Å². The van der Waals surface area contributed by atoms with Crippen LogP contribution < -0.4 is 4.74 Å². The number of carbonyl (C=O) groups excluding carboxylic acids is 1. The summed E-state index contributed by atoms with van der Waals surface area (Å²) < 4.78 is 45.9. The number of ether oxygens (including phenoxy) is 1. The molecule has 0 radical (unpaired) electrons. The zero-order chi connectivity index (χ0) is 26.2. The largest absolute Gasteiger partial charge is 0.483 e. The van der Waals surface area contributed by atoms with Crippen molar-refractivity contribution in [1.29, 1.82) is 0 Å². The summed E-state index contributed by atoms with van der Waals surface area (Å²) in [4.78, 5) is 14.8. The Labute approximate surface area is 222 Å². The van der Waals surface area contributed by atoms with Crippen LogP contribution in [-0.4, -0.2) is 63.8 Å². The predicted molar refractivity (Wildman–Crippen MR) is 140 cm³/mol. The molecule has 2 heterocycles. The fraction of sp³-hybridized carbons (Fsp3) is 0.654. The lowest BCUT2D eigenvalue weighted by Gasteiger charge is -2.30. The first kappa shape index (κ1) is 26.5. The second-order valence-corrected chi connectivity index (χ2v) is 13.8. The van der Waals surface area contributed by atoms with Crippen LogP contribution in [0.4, 0.5) is 4.39 Å². The van der Waals surface area contributed by atoms with Crippen LogP contribution in [0.25, 0.3) is 0 Å². The van der Waals surface area contributed by atoms with E-state index in [1.54, 1.807) is 23.1 Å². The predicted octanol–water partition coefficient (Wildman–Crippen LogP) is 4.12. The van der Waals surface area contributed by atoms with Crippen molar-refractivity contribution in [3.63, 3.8) is 0 Å². The second kappa shape index (κ2) is 10.9. The zero-order valence-corrected chi connectivity index (χ0v) is 23.0. The van der Waals surface area contributed by atoms with Crippen molar-refractivity contribution in [3.05, 3.63) is 35.9 Å². The Morgan fingerprint density at radius 2 is 2.05 bits per heavy atom. The maximum atomic E-state index is 14.1. The molecule has 2 aromatic rings. The first-order valence-corrected chi connectivity index (χ1v) is 16.0. The van der Waals surface area contributed by atoms with E-state index in [4.69, 9.17) is 4.74 Å². The number of hydrogen-bond donors (Lipinski definition) is 0. The van der Waals surface area contributed by atoms with Gasteiger partial charge in [-0.2, -0.15) is 0 Å². The Kier molecular flexibility index (Phi) is 7.81. The number of benzene rings is 1. The molecule has 1 saturated heterocycles. The van der Waals surface area contributed by atoms with Gasteiger partial charge in [0.05, 0.1) is 17.3 Å². The number of aromatic nitrogens is 3. The number of thioether (sulfide) groups is 1. The molecule has 2 bridgehead atoms. The minimum absolute atomic E-state index is 0.0340. The van der Waals surface area contributed by atoms with Gasteiger partial charge in [-0.1, -0.05) is 30.3 Å². The monoisotopic (exact) mass is 550 g/mol. The molecule has 1 aromatic heterocycles. The number of halogens is 1. The lowest BCUT2D eigenvalue weighted by molar-refractivity contribution is -0.129. The molecule has 37 heavy (non-hydrogen) atoms. The van der Waals surface area contributed by atoms with Gasteiger partial charge in [0.15, 0.2) is 32.4 Å². The highest BCUT2D eigenvalue weighted by molar-refractivity contribution is 7.99. The number of nitrogens with zero attached hydrogens (tertiary/aromatic N) is 4. The lowest BCUT2D eigenvalue weighted by Crippen LogP contribution is -2.42. The first-order chi connectivity index (χ1) is 17.8. The van der Waals surface area contributed by atoms with E-state index < -0.39 is 15.7 Å². The van der Waals surface area contributed by atoms with Gasteiger partial charge in [0.1, 0.15) is 6.61 Å². The Hall–Kier alpha value is -2.14. The van der Waals surface area contributed by atoms with E-state index >= 15 is 0 Å². The molecule has 1 aliphatic heterocycles. The fourth-order valence-electron chi connectivity index (χ4n) is 6.56. The van der Waals surface area contributed by atoms with Gasteiger partial charge in [0, 0.05) is 18.6 Å². The number of fused-ring (bicyclic) bond motifs is 2. The fourth-order valence-corrected chi connectivity index (χ4v) is 9.22. The van der Waals surface area contributed by atoms with Crippen molar-refractivity contribution in [2.75, 3.05) is 23.8 Å². The van der Waals surface area contributed by atoms with E-state index in [2.05, 4.69) is 21.7 Å². The number of sulfone groups is 1. The highest BCUT2D eigenvalue weighted by Gasteiger charge is 2.43. The third-order valence-electron chi connectivity index (χ3n) is 8.38. The number of hydrogen-bond acceptors (Lipinski definition) is 7. The van der Waals surface area contributed by atoms with Crippen molar-refractivity contribution in [2.24, 2.45) is 17.8 Å². The SMILES string of the molecule is CCN(C(=O)CSc1nnc(COc2ccccc2F)n1[C@H](C)[C@H]1C[C@H]2CC[C@H]1C2)[C@H]1CCS(=O)(=O)C1. The molecule has 2 aliphatic carbocycles. The van der Waals surface area contributed by atoms with Crippen molar-refractivity contribution in [3.8, 4) is 5.75 Å². The Morgan fingerprint density at radius 3 is 2.70 bits per heavy atom. The van der Waals surface area contributed by atoms with Crippen LogP contribution in [0.1, 0.15) is 57.8 Å². The average molecular weight is 551 g/mol. The van der Waals surface area contributed by atoms with Gasteiger partial charge in [-0.3, -0.25) is 9.36 Å². The molecule has 5 rings (SSSR count). The zero-order valence-electron chi connectivity index (χ0n) is 21.4. The molecule has 1 aromatic carbocycles. The van der Waals surface area contributed by atoms with E-state index in [0.717, 1.165) is 5.92 Å². The summed E-state index contributed by atoms with van der Waals surface area (Å²) >= 11 is 1.33. The maximum Gasteiger partial charge on any atom is 0.233 e. The van der Waals surface area contributed by atoms with Gasteiger partial charge >= 0.3 is 0 Å². The van der Waals surface area contributed by atoms with E-state index in [-0.39, 0.29) is 47.6 Å². The van der Waals surface area contributed by atoms with Gasteiger partial charge in [-0.05, 0) is 69.4 Å². The second-order valence-electron chi connectivity index (χ2n) is 10.6. The lowest BCUT2D eigenvalue weighted by atomic mass is 9.84. The summed E-state index contributed by atoms with van der Waals surface area (Å²) in [6.45, 7) is 4.62. The van der Waals surface area contributed by atoms with E-state index in [9.17, 15) is 17.6 Å². The summed E-state index contributed by atoms with van der Waals surface area (Å²) in [5, 5.41) is 9.46. The smallest absolute Gasteiger partial charge is 0.233 e. The van der Waals surface area contributed by atoms with Crippen LogP contribution in [0, 0.1) is 23.6 Å². The van der Waals surface area contributed by atoms with Gasteiger partial charge in [-0.15, -0.1) is 10.2 Å². The maximum absolute atomic E-state index is 14.1. The summed E-state index contributed by atoms with van der Waals surface area (Å²) in [6.07, 6.45) is 5.50. The van der Waals surface area contributed by atoms with Crippen molar-refractivity contribution < 1.29 is 22.3 Å². The molecule has 3 fully saturated rings. The first-order valence-electron chi connectivity index (χ1n) is 13.2. The Bertz CT molecular complexity index is 1240.